The first kappa shape index (κ1) is 13.7. The van der Waals surface area contributed by atoms with E-state index in [0.29, 0.717) is 6.04 Å². The van der Waals surface area contributed by atoms with E-state index in [1.165, 1.54) is 31.2 Å². The molecule has 2 atom stereocenters. The van der Waals surface area contributed by atoms with Gasteiger partial charge in [0.05, 0.1) is 6.04 Å². The maximum atomic E-state index is 5.92. The van der Waals surface area contributed by atoms with Crippen molar-refractivity contribution in [1.29, 1.82) is 0 Å². The minimum atomic E-state index is 0.262. The van der Waals surface area contributed by atoms with Crippen LogP contribution in [0, 0.1) is 0 Å². The Balaban J connectivity index is 1.62. The van der Waals surface area contributed by atoms with Crippen molar-refractivity contribution in [2.45, 2.75) is 38.3 Å². The highest BCUT2D eigenvalue weighted by atomic mass is 16.3. The van der Waals surface area contributed by atoms with E-state index in [2.05, 4.69) is 42.4 Å². The SMILES string of the molecule is CC(NCC1CCCCN1C)c1cc2ccccc2o1. The average molecular weight is 272 g/mol. The minimum absolute atomic E-state index is 0.262. The summed E-state index contributed by atoms with van der Waals surface area (Å²) < 4.78 is 5.92. The van der Waals surface area contributed by atoms with Crippen LogP contribution >= 0.6 is 0 Å². The summed E-state index contributed by atoms with van der Waals surface area (Å²) in [5, 5.41) is 4.81. The van der Waals surface area contributed by atoms with Gasteiger partial charge in [-0.1, -0.05) is 24.6 Å². The van der Waals surface area contributed by atoms with Crippen molar-refractivity contribution in [3.8, 4) is 0 Å². The lowest BCUT2D eigenvalue weighted by Crippen LogP contribution is -2.43. The van der Waals surface area contributed by atoms with Crippen LogP contribution in [0.25, 0.3) is 11.0 Å². The van der Waals surface area contributed by atoms with Crippen molar-refractivity contribution < 1.29 is 4.42 Å². The predicted octanol–water partition coefficient (Wildman–Crippen LogP) is 3.57. The van der Waals surface area contributed by atoms with Crippen LogP contribution in [0.15, 0.2) is 34.7 Å². The topological polar surface area (TPSA) is 28.4 Å². The molecule has 0 spiro atoms. The molecule has 3 nitrogen and oxygen atoms in total. The summed E-state index contributed by atoms with van der Waals surface area (Å²) in [6, 6.07) is 11.3. The summed E-state index contributed by atoms with van der Waals surface area (Å²) >= 11 is 0. The third-order valence-corrected chi connectivity index (χ3v) is 4.45. The second kappa shape index (κ2) is 5.98. The zero-order chi connectivity index (χ0) is 13.9. The van der Waals surface area contributed by atoms with E-state index in [0.717, 1.165) is 17.9 Å². The van der Waals surface area contributed by atoms with Gasteiger partial charge in [0.1, 0.15) is 11.3 Å². The smallest absolute Gasteiger partial charge is 0.134 e. The largest absolute Gasteiger partial charge is 0.459 e. The summed E-state index contributed by atoms with van der Waals surface area (Å²) in [4.78, 5) is 2.47. The number of piperidine rings is 1. The Morgan fingerprint density at radius 3 is 3.00 bits per heavy atom. The Bertz CT molecular complexity index is 530. The number of likely N-dealkylation sites (N-methyl/N-ethyl adjacent to an activating group) is 1. The van der Waals surface area contributed by atoms with Gasteiger partial charge in [-0.05, 0) is 45.5 Å². The number of furan rings is 1. The van der Waals surface area contributed by atoms with E-state index >= 15 is 0 Å². The molecule has 20 heavy (non-hydrogen) atoms. The molecule has 1 N–H and O–H groups in total. The molecule has 1 aliphatic heterocycles. The van der Waals surface area contributed by atoms with E-state index in [1.54, 1.807) is 0 Å². The van der Waals surface area contributed by atoms with Crippen LogP contribution in [-0.4, -0.2) is 31.1 Å². The third kappa shape index (κ3) is 2.89. The van der Waals surface area contributed by atoms with Crippen molar-refractivity contribution in [3.05, 3.63) is 36.1 Å². The average Bonchev–Trinajstić information content (AvgIpc) is 2.90. The fraction of sp³-hybridized carbons (Fsp3) is 0.529. The van der Waals surface area contributed by atoms with Gasteiger partial charge in [0, 0.05) is 18.0 Å². The van der Waals surface area contributed by atoms with Crippen LogP contribution in [0.4, 0.5) is 0 Å². The quantitative estimate of drug-likeness (QED) is 0.922. The van der Waals surface area contributed by atoms with Gasteiger partial charge in [-0.3, -0.25) is 0 Å². The molecule has 0 aliphatic carbocycles. The first-order valence-electron chi connectivity index (χ1n) is 7.66. The van der Waals surface area contributed by atoms with Crippen LogP contribution in [-0.2, 0) is 0 Å². The lowest BCUT2D eigenvalue weighted by molar-refractivity contribution is 0.177. The van der Waals surface area contributed by atoms with Crippen LogP contribution in [0.3, 0.4) is 0 Å². The van der Waals surface area contributed by atoms with E-state index in [4.69, 9.17) is 4.42 Å². The fourth-order valence-corrected chi connectivity index (χ4v) is 3.03. The first-order chi connectivity index (χ1) is 9.74. The Hall–Kier alpha value is -1.32. The van der Waals surface area contributed by atoms with Crippen molar-refractivity contribution in [2.75, 3.05) is 20.1 Å². The van der Waals surface area contributed by atoms with Crippen molar-refractivity contribution in [3.63, 3.8) is 0 Å². The molecule has 0 amide bonds. The highest BCUT2D eigenvalue weighted by molar-refractivity contribution is 5.77. The molecule has 1 fully saturated rings. The first-order valence-corrected chi connectivity index (χ1v) is 7.66. The summed E-state index contributed by atoms with van der Waals surface area (Å²) in [6.07, 6.45) is 4.00. The molecule has 108 valence electrons. The van der Waals surface area contributed by atoms with Gasteiger partial charge in [-0.15, -0.1) is 0 Å². The maximum Gasteiger partial charge on any atom is 0.134 e. The second-order valence-electron chi connectivity index (χ2n) is 5.95. The Morgan fingerprint density at radius 1 is 1.35 bits per heavy atom. The zero-order valence-electron chi connectivity index (χ0n) is 12.4. The van der Waals surface area contributed by atoms with Crippen LogP contribution < -0.4 is 5.32 Å². The lowest BCUT2D eigenvalue weighted by atomic mass is 10.0. The number of nitrogens with zero attached hydrogens (tertiary/aromatic N) is 1. The molecule has 1 saturated heterocycles. The number of likely N-dealkylation sites (tertiary alicyclic amines) is 1. The summed E-state index contributed by atoms with van der Waals surface area (Å²) in [5.41, 5.74) is 0.978. The minimum Gasteiger partial charge on any atom is -0.459 e. The number of hydrogen-bond acceptors (Lipinski definition) is 3. The van der Waals surface area contributed by atoms with Crippen LogP contribution in [0.5, 0.6) is 0 Å². The van der Waals surface area contributed by atoms with E-state index in [9.17, 15) is 0 Å². The van der Waals surface area contributed by atoms with Crippen molar-refractivity contribution >= 4 is 11.0 Å². The number of benzene rings is 1. The normalized spacial score (nSPS) is 22.2. The van der Waals surface area contributed by atoms with Crippen molar-refractivity contribution in [1.82, 2.24) is 10.2 Å². The molecule has 0 radical (unpaired) electrons. The lowest BCUT2D eigenvalue weighted by Gasteiger charge is -2.33. The highest BCUT2D eigenvalue weighted by Gasteiger charge is 2.20. The highest BCUT2D eigenvalue weighted by Crippen LogP contribution is 2.24. The number of rotatable bonds is 4. The molecule has 2 aromatic rings. The van der Waals surface area contributed by atoms with Crippen LogP contribution in [0.1, 0.15) is 38.0 Å². The molecule has 0 saturated carbocycles. The van der Waals surface area contributed by atoms with Gasteiger partial charge in [-0.25, -0.2) is 0 Å². The molecule has 3 heteroatoms. The van der Waals surface area contributed by atoms with Crippen molar-refractivity contribution in [2.24, 2.45) is 0 Å². The van der Waals surface area contributed by atoms with E-state index < -0.39 is 0 Å². The van der Waals surface area contributed by atoms with Gasteiger partial charge < -0.3 is 14.6 Å². The number of para-hydroxylation sites is 1. The predicted molar refractivity (Wildman–Crippen MR) is 82.9 cm³/mol. The fourth-order valence-electron chi connectivity index (χ4n) is 3.03. The Labute approximate surface area is 120 Å². The summed E-state index contributed by atoms with van der Waals surface area (Å²) in [6.45, 7) is 4.45. The van der Waals surface area contributed by atoms with Gasteiger partial charge in [0.25, 0.3) is 0 Å². The Morgan fingerprint density at radius 2 is 2.20 bits per heavy atom. The van der Waals surface area contributed by atoms with Gasteiger partial charge in [0.2, 0.25) is 0 Å². The molecule has 0 bridgehead atoms. The molecule has 2 unspecified atom stereocenters. The van der Waals surface area contributed by atoms with Gasteiger partial charge in [-0.2, -0.15) is 0 Å². The number of hydrogen-bond donors (Lipinski definition) is 1. The monoisotopic (exact) mass is 272 g/mol. The molecule has 1 aliphatic rings. The van der Waals surface area contributed by atoms with Crippen LogP contribution in [0.2, 0.25) is 0 Å². The van der Waals surface area contributed by atoms with E-state index in [-0.39, 0.29) is 6.04 Å². The second-order valence-corrected chi connectivity index (χ2v) is 5.95. The summed E-state index contributed by atoms with van der Waals surface area (Å²) in [7, 11) is 2.23. The van der Waals surface area contributed by atoms with Gasteiger partial charge in [0.15, 0.2) is 0 Å². The standard InChI is InChI=1S/C17H24N2O/c1-13(18-12-15-8-5-6-10-19(15)2)17-11-14-7-3-4-9-16(14)20-17/h3-4,7,9,11,13,15,18H,5-6,8,10,12H2,1-2H3. The molecule has 1 aromatic carbocycles. The number of nitrogens with one attached hydrogen (secondary N) is 1. The molecule has 3 rings (SSSR count). The molecular weight excluding hydrogens is 248 g/mol. The third-order valence-electron chi connectivity index (χ3n) is 4.45. The van der Waals surface area contributed by atoms with E-state index in [1.807, 2.05) is 12.1 Å². The zero-order valence-corrected chi connectivity index (χ0v) is 12.4. The Kier molecular flexibility index (Phi) is 4.08. The molecule has 1 aromatic heterocycles. The summed E-state index contributed by atoms with van der Waals surface area (Å²) in [5.74, 6) is 1.03. The molecule has 2 heterocycles. The number of fused-ring (bicyclic) bond motifs is 1. The maximum absolute atomic E-state index is 5.92. The molecular formula is C17H24N2O. The van der Waals surface area contributed by atoms with Gasteiger partial charge >= 0.3 is 0 Å².